The quantitative estimate of drug-likeness (QED) is 0.798. The normalized spacial score (nSPS) is 15.4. The second-order valence-electron chi connectivity index (χ2n) is 5.03. The predicted octanol–water partition coefficient (Wildman–Crippen LogP) is 2.30. The number of hydrogen-bond acceptors (Lipinski definition) is 3. The SMILES string of the molecule is NS(=O)(=O)c1ccc(NC(=O)NC=C2CCCCC2)cc1. The summed E-state index contributed by atoms with van der Waals surface area (Å²) in [5, 5.41) is 10.3. The number of amides is 2. The van der Waals surface area contributed by atoms with Crippen LogP contribution in [0.4, 0.5) is 10.5 Å². The monoisotopic (exact) mass is 309 g/mol. The molecule has 0 bridgehead atoms. The number of carbonyl (C=O) groups excluding carboxylic acids is 1. The Labute approximate surface area is 124 Å². The molecule has 2 amide bonds. The summed E-state index contributed by atoms with van der Waals surface area (Å²) in [6.07, 6.45) is 7.41. The van der Waals surface area contributed by atoms with Crippen LogP contribution in [0.1, 0.15) is 32.1 Å². The van der Waals surface area contributed by atoms with Gasteiger partial charge in [-0.15, -0.1) is 0 Å². The van der Waals surface area contributed by atoms with E-state index in [0.29, 0.717) is 5.69 Å². The van der Waals surface area contributed by atoms with Crippen molar-refractivity contribution >= 4 is 21.7 Å². The van der Waals surface area contributed by atoms with Crippen molar-refractivity contribution in [3.8, 4) is 0 Å². The van der Waals surface area contributed by atoms with E-state index in [1.807, 2.05) is 0 Å². The maximum absolute atomic E-state index is 11.7. The molecule has 0 saturated heterocycles. The topological polar surface area (TPSA) is 101 Å². The molecule has 1 saturated carbocycles. The number of rotatable bonds is 3. The molecule has 1 aromatic rings. The van der Waals surface area contributed by atoms with Gasteiger partial charge >= 0.3 is 6.03 Å². The third-order valence-electron chi connectivity index (χ3n) is 3.34. The predicted molar refractivity (Wildman–Crippen MR) is 81.1 cm³/mol. The van der Waals surface area contributed by atoms with Gasteiger partial charge in [-0.3, -0.25) is 0 Å². The second kappa shape index (κ2) is 6.73. The first kappa shape index (κ1) is 15.5. The second-order valence-corrected chi connectivity index (χ2v) is 6.59. The number of allylic oxidation sites excluding steroid dienone is 1. The smallest absolute Gasteiger partial charge is 0.314 e. The Balaban J connectivity index is 1.90. The highest BCUT2D eigenvalue weighted by Gasteiger charge is 2.08. The number of nitrogens with one attached hydrogen (secondary N) is 2. The minimum Gasteiger partial charge on any atom is -0.314 e. The molecule has 0 spiro atoms. The van der Waals surface area contributed by atoms with E-state index in [4.69, 9.17) is 5.14 Å². The van der Waals surface area contributed by atoms with E-state index in [9.17, 15) is 13.2 Å². The van der Waals surface area contributed by atoms with Crippen molar-refractivity contribution in [2.75, 3.05) is 5.32 Å². The summed E-state index contributed by atoms with van der Waals surface area (Å²) >= 11 is 0. The van der Waals surface area contributed by atoms with Crippen LogP contribution >= 0.6 is 0 Å². The van der Waals surface area contributed by atoms with Crippen molar-refractivity contribution in [1.29, 1.82) is 0 Å². The number of urea groups is 1. The Hall–Kier alpha value is -1.86. The lowest BCUT2D eigenvalue weighted by Crippen LogP contribution is -2.24. The number of benzene rings is 1. The van der Waals surface area contributed by atoms with E-state index in [1.165, 1.54) is 49.1 Å². The third kappa shape index (κ3) is 4.87. The van der Waals surface area contributed by atoms with Crippen LogP contribution < -0.4 is 15.8 Å². The Kier molecular flexibility index (Phi) is 4.98. The molecule has 0 radical (unpaired) electrons. The lowest BCUT2D eigenvalue weighted by atomic mass is 9.96. The largest absolute Gasteiger partial charge is 0.323 e. The zero-order chi connectivity index (χ0) is 15.3. The van der Waals surface area contributed by atoms with Gasteiger partial charge in [0.05, 0.1) is 4.90 Å². The van der Waals surface area contributed by atoms with E-state index >= 15 is 0 Å². The van der Waals surface area contributed by atoms with Crippen molar-refractivity contribution in [2.45, 2.75) is 37.0 Å². The highest BCUT2D eigenvalue weighted by atomic mass is 32.2. The van der Waals surface area contributed by atoms with Crippen LogP contribution in [0.5, 0.6) is 0 Å². The van der Waals surface area contributed by atoms with Crippen molar-refractivity contribution in [2.24, 2.45) is 5.14 Å². The molecule has 1 aliphatic rings. The van der Waals surface area contributed by atoms with Gasteiger partial charge in [0, 0.05) is 11.9 Å². The first-order chi connectivity index (χ1) is 9.95. The van der Waals surface area contributed by atoms with Gasteiger partial charge in [0.25, 0.3) is 0 Å². The fourth-order valence-corrected chi connectivity index (χ4v) is 2.73. The molecule has 0 heterocycles. The molecule has 0 atom stereocenters. The molecule has 7 heteroatoms. The number of hydrogen-bond donors (Lipinski definition) is 3. The maximum Gasteiger partial charge on any atom is 0.323 e. The lowest BCUT2D eigenvalue weighted by Gasteiger charge is -2.13. The number of sulfonamides is 1. The Bertz CT molecular complexity index is 628. The van der Waals surface area contributed by atoms with Gasteiger partial charge in [-0.05, 0) is 49.9 Å². The van der Waals surface area contributed by atoms with Crippen molar-refractivity contribution in [3.05, 3.63) is 36.0 Å². The van der Waals surface area contributed by atoms with Crippen LogP contribution in [-0.4, -0.2) is 14.4 Å². The molecule has 1 aliphatic carbocycles. The summed E-state index contributed by atoms with van der Waals surface area (Å²) in [6, 6.07) is 5.34. The molecule has 0 unspecified atom stereocenters. The fourth-order valence-electron chi connectivity index (χ4n) is 2.21. The number of primary sulfonamides is 1. The van der Waals surface area contributed by atoms with Gasteiger partial charge in [-0.1, -0.05) is 12.0 Å². The molecule has 21 heavy (non-hydrogen) atoms. The van der Waals surface area contributed by atoms with Gasteiger partial charge in [0.2, 0.25) is 10.0 Å². The van der Waals surface area contributed by atoms with Gasteiger partial charge in [-0.2, -0.15) is 0 Å². The zero-order valence-electron chi connectivity index (χ0n) is 11.6. The standard InChI is InChI=1S/C14H19N3O3S/c15-21(19,20)13-8-6-12(7-9-13)17-14(18)16-10-11-4-2-1-3-5-11/h6-10H,1-5H2,(H2,15,19,20)(H2,16,17,18). The highest BCUT2D eigenvalue weighted by Crippen LogP contribution is 2.21. The van der Waals surface area contributed by atoms with E-state index in [1.54, 1.807) is 6.20 Å². The molecule has 0 aromatic heterocycles. The van der Waals surface area contributed by atoms with E-state index in [0.717, 1.165) is 12.8 Å². The van der Waals surface area contributed by atoms with Crippen molar-refractivity contribution in [3.63, 3.8) is 0 Å². The summed E-state index contributed by atoms with van der Waals surface area (Å²) in [5.41, 5.74) is 1.75. The van der Waals surface area contributed by atoms with E-state index in [2.05, 4.69) is 10.6 Å². The van der Waals surface area contributed by atoms with Crippen LogP contribution in [0.25, 0.3) is 0 Å². The van der Waals surface area contributed by atoms with Crippen molar-refractivity contribution < 1.29 is 13.2 Å². The molecule has 6 nitrogen and oxygen atoms in total. The van der Waals surface area contributed by atoms with E-state index in [-0.39, 0.29) is 10.9 Å². The number of anilines is 1. The molecule has 114 valence electrons. The molecule has 0 aliphatic heterocycles. The fraction of sp³-hybridized carbons (Fsp3) is 0.357. The van der Waals surface area contributed by atoms with Crippen LogP contribution in [0, 0.1) is 0 Å². The van der Waals surface area contributed by atoms with Gasteiger partial charge < -0.3 is 10.6 Å². The first-order valence-electron chi connectivity index (χ1n) is 6.83. The summed E-state index contributed by atoms with van der Waals surface area (Å²) in [5.74, 6) is 0. The minimum absolute atomic E-state index is 0.0118. The number of carbonyl (C=O) groups is 1. The molecule has 4 N–H and O–H groups in total. The molecule has 2 rings (SSSR count). The molecular weight excluding hydrogens is 290 g/mol. The van der Waals surface area contributed by atoms with Crippen LogP contribution in [0.15, 0.2) is 40.9 Å². The lowest BCUT2D eigenvalue weighted by molar-refractivity contribution is 0.255. The van der Waals surface area contributed by atoms with Gasteiger partial charge in [0.15, 0.2) is 0 Å². The molecule has 1 aromatic carbocycles. The summed E-state index contributed by atoms with van der Waals surface area (Å²) < 4.78 is 22.2. The summed E-state index contributed by atoms with van der Waals surface area (Å²) in [7, 11) is -3.71. The minimum atomic E-state index is -3.71. The van der Waals surface area contributed by atoms with Crippen LogP contribution in [0.3, 0.4) is 0 Å². The Morgan fingerprint density at radius 3 is 2.29 bits per heavy atom. The summed E-state index contributed by atoms with van der Waals surface area (Å²) in [6.45, 7) is 0. The zero-order valence-corrected chi connectivity index (χ0v) is 12.4. The van der Waals surface area contributed by atoms with Gasteiger partial charge in [-0.25, -0.2) is 18.4 Å². The van der Waals surface area contributed by atoms with E-state index < -0.39 is 10.0 Å². The van der Waals surface area contributed by atoms with Crippen LogP contribution in [0.2, 0.25) is 0 Å². The third-order valence-corrected chi connectivity index (χ3v) is 4.27. The Morgan fingerprint density at radius 2 is 1.71 bits per heavy atom. The first-order valence-corrected chi connectivity index (χ1v) is 8.38. The van der Waals surface area contributed by atoms with Gasteiger partial charge in [0.1, 0.15) is 0 Å². The summed E-state index contributed by atoms with van der Waals surface area (Å²) in [4.78, 5) is 11.7. The average molecular weight is 309 g/mol. The van der Waals surface area contributed by atoms with Crippen molar-refractivity contribution in [1.82, 2.24) is 5.32 Å². The molecular formula is C14H19N3O3S. The average Bonchev–Trinajstić information content (AvgIpc) is 2.46. The maximum atomic E-state index is 11.7. The number of nitrogens with two attached hydrogens (primary N) is 1. The Morgan fingerprint density at radius 1 is 1.10 bits per heavy atom. The molecule has 1 fully saturated rings. The van der Waals surface area contributed by atoms with Crippen LogP contribution in [-0.2, 0) is 10.0 Å². The highest BCUT2D eigenvalue weighted by molar-refractivity contribution is 7.89.